The maximum atomic E-state index is 4.34. The van der Waals surface area contributed by atoms with E-state index in [9.17, 15) is 0 Å². The lowest BCUT2D eigenvalue weighted by molar-refractivity contribution is 0.0571. The first-order valence-corrected chi connectivity index (χ1v) is 4.92. The monoisotopic (exact) mass is 178 g/mol. The fraction of sp³-hybridized carbons (Fsp3) is 0.778. The minimum atomic E-state index is 0.175. The average Bonchev–Trinajstić information content (AvgIpc) is 2.51. The molecular weight excluding hydrogens is 164 g/mol. The van der Waals surface area contributed by atoms with E-state index in [0.717, 1.165) is 11.9 Å². The standard InChI is InChI=1S/C9H14N4/c1-13-8(10-6-11-13)9-4-2-3-7(5-9)12-9/h6-7,12H,2-5H2,1H3. The first kappa shape index (κ1) is 7.50. The third kappa shape index (κ3) is 0.892. The second kappa shape index (κ2) is 2.32. The number of aryl methyl sites for hydroxylation is 1. The van der Waals surface area contributed by atoms with E-state index < -0.39 is 0 Å². The summed E-state index contributed by atoms with van der Waals surface area (Å²) in [6.07, 6.45) is 6.77. The fourth-order valence-electron chi connectivity index (χ4n) is 2.79. The van der Waals surface area contributed by atoms with E-state index in [2.05, 4.69) is 15.4 Å². The summed E-state index contributed by atoms with van der Waals surface area (Å²) < 4.78 is 1.90. The van der Waals surface area contributed by atoms with Gasteiger partial charge in [0.25, 0.3) is 0 Å². The van der Waals surface area contributed by atoms with Gasteiger partial charge < -0.3 is 5.32 Å². The van der Waals surface area contributed by atoms with Crippen LogP contribution in [0.25, 0.3) is 0 Å². The third-order valence-electron chi connectivity index (χ3n) is 3.37. The van der Waals surface area contributed by atoms with E-state index in [1.807, 2.05) is 11.7 Å². The first-order chi connectivity index (χ1) is 6.30. The second-order valence-electron chi connectivity index (χ2n) is 4.23. The molecule has 13 heavy (non-hydrogen) atoms. The minimum absolute atomic E-state index is 0.175. The van der Waals surface area contributed by atoms with Gasteiger partial charge in [0.2, 0.25) is 0 Å². The molecule has 0 aromatic carbocycles. The molecule has 1 aliphatic carbocycles. The zero-order valence-corrected chi connectivity index (χ0v) is 7.82. The van der Waals surface area contributed by atoms with Crippen LogP contribution in [0.3, 0.4) is 0 Å². The average molecular weight is 178 g/mol. The van der Waals surface area contributed by atoms with Crippen molar-refractivity contribution in [2.75, 3.05) is 0 Å². The highest BCUT2D eigenvalue weighted by Gasteiger charge is 2.50. The Morgan fingerprint density at radius 1 is 1.69 bits per heavy atom. The van der Waals surface area contributed by atoms with Gasteiger partial charge in [0.1, 0.15) is 12.2 Å². The van der Waals surface area contributed by atoms with E-state index in [1.165, 1.54) is 25.7 Å². The van der Waals surface area contributed by atoms with Crippen LogP contribution in [0, 0.1) is 0 Å². The SMILES string of the molecule is Cn1ncnc1C12CCCC(C1)N2. The number of nitrogens with zero attached hydrogens (tertiary/aromatic N) is 3. The molecule has 1 saturated carbocycles. The lowest BCUT2D eigenvalue weighted by Gasteiger charge is -2.52. The van der Waals surface area contributed by atoms with Crippen molar-refractivity contribution < 1.29 is 0 Å². The molecule has 0 radical (unpaired) electrons. The lowest BCUT2D eigenvalue weighted by atomic mass is 9.70. The van der Waals surface area contributed by atoms with Crippen LogP contribution in [-0.2, 0) is 12.6 Å². The molecule has 4 nitrogen and oxygen atoms in total. The van der Waals surface area contributed by atoms with Crippen LogP contribution in [0.1, 0.15) is 31.5 Å². The fourth-order valence-corrected chi connectivity index (χ4v) is 2.79. The van der Waals surface area contributed by atoms with Crippen LogP contribution in [0.15, 0.2) is 6.33 Å². The van der Waals surface area contributed by atoms with Gasteiger partial charge in [-0.3, -0.25) is 4.68 Å². The highest BCUT2D eigenvalue weighted by Crippen LogP contribution is 2.44. The highest BCUT2D eigenvalue weighted by molar-refractivity contribution is 5.16. The Morgan fingerprint density at radius 2 is 2.54 bits per heavy atom. The van der Waals surface area contributed by atoms with E-state index in [-0.39, 0.29) is 5.54 Å². The minimum Gasteiger partial charge on any atom is -0.302 e. The van der Waals surface area contributed by atoms with E-state index >= 15 is 0 Å². The number of hydrogen-bond acceptors (Lipinski definition) is 3. The van der Waals surface area contributed by atoms with Crippen molar-refractivity contribution in [3.05, 3.63) is 12.2 Å². The summed E-state index contributed by atoms with van der Waals surface area (Å²) in [5, 5.41) is 7.74. The van der Waals surface area contributed by atoms with Gasteiger partial charge in [0, 0.05) is 13.1 Å². The summed E-state index contributed by atoms with van der Waals surface area (Å²) >= 11 is 0. The summed E-state index contributed by atoms with van der Waals surface area (Å²) in [5.74, 6) is 1.11. The molecule has 2 bridgehead atoms. The molecule has 1 N–H and O–H groups in total. The summed E-state index contributed by atoms with van der Waals surface area (Å²) in [4.78, 5) is 4.34. The molecule has 3 fully saturated rings. The largest absolute Gasteiger partial charge is 0.302 e. The number of hydrogen-bond donors (Lipinski definition) is 1. The van der Waals surface area contributed by atoms with Gasteiger partial charge >= 0.3 is 0 Å². The Hall–Kier alpha value is -0.900. The van der Waals surface area contributed by atoms with Crippen LogP contribution in [0.4, 0.5) is 0 Å². The Bertz CT molecular complexity index is 319. The summed E-state index contributed by atoms with van der Waals surface area (Å²) in [7, 11) is 1.97. The van der Waals surface area contributed by atoms with E-state index in [1.54, 1.807) is 6.33 Å². The zero-order chi connectivity index (χ0) is 8.89. The van der Waals surface area contributed by atoms with Crippen molar-refractivity contribution in [1.82, 2.24) is 20.1 Å². The molecule has 3 heterocycles. The summed E-state index contributed by atoms with van der Waals surface area (Å²) in [6.45, 7) is 0. The Kier molecular flexibility index (Phi) is 1.34. The molecule has 1 aromatic rings. The van der Waals surface area contributed by atoms with Crippen LogP contribution in [0.2, 0.25) is 0 Å². The molecule has 2 aliphatic heterocycles. The highest BCUT2D eigenvalue weighted by atomic mass is 15.3. The van der Waals surface area contributed by atoms with Crippen molar-refractivity contribution in [3.8, 4) is 0 Å². The number of aromatic nitrogens is 3. The molecule has 70 valence electrons. The van der Waals surface area contributed by atoms with Crippen LogP contribution >= 0.6 is 0 Å². The summed E-state index contributed by atoms with van der Waals surface area (Å²) in [6, 6.07) is 0.741. The Labute approximate surface area is 77.4 Å². The van der Waals surface area contributed by atoms with Gasteiger partial charge in [0.15, 0.2) is 0 Å². The molecule has 4 heteroatoms. The number of rotatable bonds is 1. The van der Waals surface area contributed by atoms with Crippen molar-refractivity contribution in [2.24, 2.45) is 7.05 Å². The molecule has 3 aliphatic rings. The van der Waals surface area contributed by atoms with Gasteiger partial charge in [-0.2, -0.15) is 5.10 Å². The van der Waals surface area contributed by atoms with Crippen LogP contribution < -0.4 is 5.32 Å². The smallest absolute Gasteiger partial charge is 0.146 e. The third-order valence-corrected chi connectivity index (χ3v) is 3.37. The Morgan fingerprint density at radius 3 is 3.08 bits per heavy atom. The molecule has 2 atom stereocenters. The summed E-state index contributed by atoms with van der Waals surface area (Å²) in [5.41, 5.74) is 0.175. The molecular formula is C9H14N4. The number of piperidine rings is 1. The molecule has 0 amide bonds. The number of fused-ring (bicyclic) bond motifs is 2. The molecule has 2 unspecified atom stereocenters. The van der Waals surface area contributed by atoms with Crippen molar-refractivity contribution >= 4 is 0 Å². The molecule has 0 spiro atoms. The quantitative estimate of drug-likeness (QED) is 0.683. The predicted octanol–water partition coefficient (Wildman–Crippen LogP) is 0.556. The van der Waals surface area contributed by atoms with Crippen LogP contribution in [-0.4, -0.2) is 20.8 Å². The van der Waals surface area contributed by atoms with Gasteiger partial charge in [0.05, 0.1) is 5.54 Å². The molecule has 1 aromatic heterocycles. The maximum Gasteiger partial charge on any atom is 0.146 e. The van der Waals surface area contributed by atoms with Crippen molar-refractivity contribution in [2.45, 2.75) is 37.3 Å². The Balaban J connectivity index is 1.97. The second-order valence-corrected chi connectivity index (χ2v) is 4.23. The lowest BCUT2D eigenvalue weighted by Crippen LogP contribution is -2.64. The molecule has 4 rings (SSSR count). The van der Waals surface area contributed by atoms with Gasteiger partial charge in [-0.05, 0) is 25.7 Å². The van der Waals surface area contributed by atoms with E-state index in [0.29, 0.717) is 0 Å². The van der Waals surface area contributed by atoms with Crippen molar-refractivity contribution in [1.29, 1.82) is 0 Å². The molecule has 2 saturated heterocycles. The van der Waals surface area contributed by atoms with Gasteiger partial charge in [-0.15, -0.1) is 0 Å². The first-order valence-electron chi connectivity index (χ1n) is 4.92. The van der Waals surface area contributed by atoms with Gasteiger partial charge in [-0.1, -0.05) is 0 Å². The number of nitrogens with one attached hydrogen (secondary N) is 1. The normalized spacial score (nSPS) is 37.2. The van der Waals surface area contributed by atoms with Gasteiger partial charge in [-0.25, -0.2) is 4.98 Å². The predicted molar refractivity (Wildman–Crippen MR) is 48.1 cm³/mol. The zero-order valence-electron chi connectivity index (χ0n) is 7.82. The maximum absolute atomic E-state index is 4.34. The van der Waals surface area contributed by atoms with E-state index in [4.69, 9.17) is 0 Å². The van der Waals surface area contributed by atoms with Crippen LogP contribution in [0.5, 0.6) is 0 Å². The topological polar surface area (TPSA) is 42.7 Å². The van der Waals surface area contributed by atoms with Crippen molar-refractivity contribution in [3.63, 3.8) is 0 Å².